The zero-order valence-corrected chi connectivity index (χ0v) is 19.1. The molecule has 0 radical (unpaired) electrons. The number of amides is 1. The summed E-state index contributed by atoms with van der Waals surface area (Å²) in [7, 11) is 1.76. The minimum Gasteiger partial charge on any atom is -0.315 e. The van der Waals surface area contributed by atoms with Gasteiger partial charge >= 0.3 is 0 Å². The highest BCUT2D eigenvalue weighted by Crippen LogP contribution is 2.33. The Kier molecular flexibility index (Phi) is 6.97. The van der Waals surface area contributed by atoms with E-state index in [1.165, 1.54) is 0 Å². The maximum absolute atomic E-state index is 13.0. The van der Waals surface area contributed by atoms with Crippen LogP contribution in [0.5, 0.6) is 0 Å². The van der Waals surface area contributed by atoms with Gasteiger partial charge in [0.15, 0.2) is 11.6 Å². The molecule has 3 rings (SSSR count). The number of nitrogens with zero attached hydrogens (tertiary/aromatic N) is 1. The van der Waals surface area contributed by atoms with E-state index in [9.17, 15) is 14.4 Å². The summed E-state index contributed by atoms with van der Waals surface area (Å²) in [5, 5.41) is 0.438. The van der Waals surface area contributed by atoms with Crippen molar-refractivity contribution in [1.82, 2.24) is 0 Å². The van der Waals surface area contributed by atoms with E-state index >= 15 is 0 Å². The number of anilines is 1. The predicted molar refractivity (Wildman–Crippen MR) is 121 cm³/mol. The van der Waals surface area contributed by atoms with Gasteiger partial charge in [-0.3, -0.25) is 14.4 Å². The normalized spacial score (nSPS) is 17.4. The number of benzene rings is 1. The number of hydrogen-bond acceptors (Lipinski definition) is 3. The molecule has 2 aliphatic carbocycles. The number of halogens is 1. The van der Waals surface area contributed by atoms with Gasteiger partial charge in [0.2, 0.25) is 5.91 Å². The van der Waals surface area contributed by atoms with Gasteiger partial charge in [-0.05, 0) is 68.9 Å². The second kappa shape index (κ2) is 9.30. The minimum absolute atomic E-state index is 0.0521. The van der Waals surface area contributed by atoms with Crippen LogP contribution in [0.3, 0.4) is 0 Å². The fraction of sp³-hybridized carbons (Fsp3) is 0.480. The van der Waals surface area contributed by atoms with Gasteiger partial charge in [-0.25, -0.2) is 0 Å². The van der Waals surface area contributed by atoms with Crippen molar-refractivity contribution in [3.05, 3.63) is 51.1 Å². The molecule has 160 valence electrons. The van der Waals surface area contributed by atoms with Crippen LogP contribution in [0.15, 0.2) is 34.9 Å². The summed E-state index contributed by atoms with van der Waals surface area (Å²) in [5.41, 5.74) is 4.71. The Morgan fingerprint density at radius 2 is 1.80 bits per heavy atom. The lowest BCUT2D eigenvalue weighted by atomic mass is 9.88. The summed E-state index contributed by atoms with van der Waals surface area (Å²) < 4.78 is 0. The van der Waals surface area contributed by atoms with Crippen molar-refractivity contribution in [1.29, 1.82) is 0 Å². The molecule has 0 unspecified atom stereocenters. The lowest BCUT2D eigenvalue weighted by Crippen LogP contribution is -2.32. The molecule has 0 N–H and O–H groups in total. The Balaban J connectivity index is 1.80. The van der Waals surface area contributed by atoms with Crippen LogP contribution in [0, 0.1) is 12.8 Å². The Hall–Kier alpha value is -2.20. The SMILES string of the molecule is CC1=CC(C)=C(CCC(=O)c2cc(Cl)cc(N(C)C(=O)C3CCCC3)c2C)C(=O)C1. The highest BCUT2D eigenvalue weighted by atomic mass is 35.5. The van der Waals surface area contributed by atoms with Gasteiger partial charge in [-0.1, -0.05) is 36.1 Å². The summed E-state index contributed by atoms with van der Waals surface area (Å²) in [6, 6.07) is 3.43. The molecule has 5 heteroatoms. The molecule has 0 aromatic heterocycles. The first kappa shape index (κ1) is 22.5. The third-order valence-electron chi connectivity index (χ3n) is 6.36. The topological polar surface area (TPSA) is 54.5 Å². The summed E-state index contributed by atoms with van der Waals surface area (Å²) in [5.74, 6) is 0.186. The first-order chi connectivity index (χ1) is 14.2. The van der Waals surface area contributed by atoms with Gasteiger partial charge < -0.3 is 4.90 Å². The second-order valence-electron chi connectivity index (χ2n) is 8.65. The van der Waals surface area contributed by atoms with Crippen LogP contribution in [-0.4, -0.2) is 24.5 Å². The van der Waals surface area contributed by atoms with Crippen LogP contribution >= 0.6 is 11.6 Å². The van der Waals surface area contributed by atoms with Crippen molar-refractivity contribution in [3.8, 4) is 0 Å². The lowest BCUT2D eigenvalue weighted by Gasteiger charge is -2.24. The summed E-state index contributed by atoms with van der Waals surface area (Å²) in [6.45, 7) is 5.73. The molecule has 0 bridgehead atoms. The summed E-state index contributed by atoms with van der Waals surface area (Å²) in [4.78, 5) is 39.9. The first-order valence-corrected chi connectivity index (χ1v) is 11.1. The van der Waals surface area contributed by atoms with E-state index in [2.05, 4.69) is 0 Å². The number of hydrogen-bond donors (Lipinski definition) is 0. The number of rotatable bonds is 6. The molecule has 2 aliphatic rings. The summed E-state index contributed by atoms with van der Waals surface area (Å²) in [6.07, 6.45) is 7.13. The molecule has 1 saturated carbocycles. The maximum atomic E-state index is 13.0. The second-order valence-corrected chi connectivity index (χ2v) is 9.09. The zero-order valence-electron chi connectivity index (χ0n) is 18.3. The van der Waals surface area contributed by atoms with Gasteiger partial charge in [0.05, 0.1) is 0 Å². The van der Waals surface area contributed by atoms with Crippen LogP contribution in [0.25, 0.3) is 0 Å². The average Bonchev–Trinajstić information content (AvgIpc) is 3.22. The van der Waals surface area contributed by atoms with E-state index in [0.29, 0.717) is 29.1 Å². The molecule has 0 atom stereocenters. The van der Waals surface area contributed by atoms with Crippen LogP contribution < -0.4 is 4.90 Å². The standard InChI is InChI=1S/C25H30ClNO3/c1-15-11-16(2)20(24(29)12-15)9-10-23(28)21-13-19(26)14-22(17(21)3)27(4)25(30)18-7-5-6-8-18/h11,13-14,18H,5-10,12H2,1-4H3. The van der Waals surface area contributed by atoms with Gasteiger partial charge in [-0.15, -0.1) is 0 Å². The van der Waals surface area contributed by atoms with Gasteiger partial charge in [0.25, 0.3) is 0 Å². The van der Waals surface area contributed by atoms with E-state index in [4.69, 9.17) is 11.6 Å². The van der Waals surface area contributed by atoms with Crippen LogP contribution in [0.2, 0.25) is 5.02 Å². The number of carbonyl (C=O) groups is 3. The number of ketones is 2. The monoisotopic (exact) mass is 427 g/mol. The van der Waals surface area contributed by atoms with Gasteiger partial charge in [0.1, 0.15) is 0 Å². The minimum atomic E-state index is -0.0580. The van der Waals surface area contributed by atoms with Gasteiger partial charge in [-0.2, -0.15) is 0 Å². The van der Waals surface area contributed by atoms with Crippen LogP contribution in [0.4, 0.5) is 5.69 Å². The Morgan fingerprint density at radius 1 is 1.13 bits per heavy atom. The number of Topliss-reactive ketones (excluding diaryl/α,β-unsaturated/α-hetero) is 2. The molecule has 0 heterocycles. The fourth-order valence-corrected chi connectivity index (χ4v) is 4.88. The zero-order chi connectivity index (χ0) is 22.0. The Labute approximate surface area is 184 Å². The quantitative estimate of drug-likeness (QED) is 0.523. The van der Waals surface area contributed by atoms with Crippen molar-refractivity contribution in [2.24, 2.45) is 5.92 Å². The van der Waals surface area contributed by atoms with Crippen molar-refractivity contribution in [2.75, 3.05) is 11.9 Å². The highest BCUT2D eigenvalue weighted by Gasteiger charge is 2.28. The molecule has 1 fully saturated rings. The molecule has 0 spiro atoms. The first-order valence-electron chi connectivity index (χ1n) is 10.7. The average molecular weight is 428 g/mol. The van der Waals surface area contributed by atoms with Crippen molar-refractivity contribution in [2.45, 2.75) is 65.7 Å². The molecule has 1 aromatic carbocycles. The van der Waals surface area contributed by atoms with Crippen molar-refractivity contribution in [3.63, 3.8) is 0 Å². The molecule has 1 aromatic rings. The highest BCUT2D eigenvalue weighted by molar-refractivity contribution is 6.31. The van der Waals surface area contributed by atoms with Crippen molar-refractivity contribution >= 4 is 34.8 Å². The third kappa shape index (κ3) is 4.75. The Morgan fingerprint density at radius 3 is 2.43 bits per heavy atom. The third-order valence-corrected chi connectivity index (χ3v) is 6.58. The fourth-order valence-electron chi connectivity index (χ4n) is 4.67. The molecule has 0 aliphatic heterocycles. The Bertz CT molecular complexity index is 951. The lowest BCUT2D eigenvalue weighted by molar-refractivity contribution is -0.122. The number of carbonyl (C=O) groups excluding carboxylic acids is 3. The summed E-state index contributed by atoms with van der Waals surface area (Å²) >= 11 is 6.32. The van der Waals surface area contributed by atoms with Crippen molar-refractivity contribution < 1.29 is 14.4 Å². The van der Waals surface area contributed by atoms with Crippen LogP contribution in [0.1, 0.15) is 74.7 Å². The largest absolute Gasteiger partial charge is 0.315 e. The van der Waals surface area contributed by atoms with E-state index in [1.54, 1.807) is 24.1 Å². The predicted octanol–water partition coefficient (Wildman–Crippen LogP) is 6.00. The van der Waals surface area contributed by atoms with Crippen LogP contribution in [-0.2, 0) is 9.59 Å². The molecule has 4 nitrogen and oxygen atoms in total. The van der Waals surface area contributed by atoms with Gasteiger partial charge in [0, 0.05) is 42.1 Å². The molecule has 0 saturated heterocycles. The maximum Gasteiger partial charge on any atom is 0.229 e. The molecular formula is C25H30ClNO3. The molecule has 1 amide bonds. The smallest absolute Gasteiger partial charge is 0.229 e. The van der Waals surface area contributed by atoms with E-state index in [-0.39, 0.29) is 29.8 Å². The molecule has 30 heavy (non-hydrogen) atoms. The molecular weight excluding hydrogens is 398 g/mol. The van der Waals surface area contributed by atoms with E-state index < -0.39 is 0 Å². The number of allylic oxidation sites excluding steroid dienone is 4. The van der Waals surface area contributed by atoms with E-state index in [0.717, 1.165) is 48.0 Å². The van der Waals surface area contributed by atoms with E-state index in [1.807, 2.05) is 26.8 Å².